The van der Waals surface area contributed by atoms with Crippen LogP contribution in [0.5, 0.6) is 0 Å². The van der Waals surface area contributed by atoms with Crippen LogP contribution in [0, 0.1) is 6.92 Å². The largest absolute Gasteiger partial charge is 0.302 e. The minimum absolute atomic E-state index is 0.218. The molecule has 5 nitrogen and oxygen atoms in total. The summed E-state index contributed by atoms with van der Waals surface area (Å²) in [4.78, 5) is 0. The number of hydrogen-bond donors (Lipinski definition) is 1. The Morgan fingerprint density at radius 3 is 2.62 bits per heavy atom. The van der Waals surface area contributed by atoms with Gasteiger partial charge in [-0.25, -0.2) is 0 Å². The van der Waals surface area contributed by atoms with Crippen molar-refractivity contribution in [2.75, 3.05) is 0 Å². The standard InChI is InChI=1S/C15H24ClN5/c1-6-8-21-14(16)12(11(2)18-21)10-17-15(3,4)13-7-9-20(5)19-13/h7,9,17H,6,8,10H2,1-5H3. The number of nitrogens with zero attached hydrogens (tertiary/aromatic N) is 4. The smallest absolute Gasteiger partial charge is 0.131 e. The third kappa shape index (κ3) is 3.47. The molecule has 0 radical (unpaired) electrons. The van der Waals surface area contributed by atoms with Gasteiger partial charge < -0.3 is 5.32 Å². The molecule has 1 N–H and O–H groups in total. The Morgan fingerprint density at radius 2 is 2.05 bits per heavy atom. The van der Waals surface area contributed by atoms with Gasteiger partial charge in [0.2, 0.25) is 0 Å². The van der Waals surface area contributed by atoms with Gasteiger partial charge in [0.25, 0.3) is 0 Å². The molecule has 0 atom stereocenters. The predicted molar refractivity (Wildman–Crippen MR) is 85.3 cm³/mol. The van der Waals surface area contributed by atoms with Crippen LogP contribution in [0.25, 0.3) is 0 Å². The van der Waals surface area contributed by atoms with E-state index in [1.54, 1.807) is 0 Å². The van der Waals surface area contributed by atoms with E-state index in [1.165, 1.54) is 0 Å². The molecule has 2 rings (SSSR count). The van der Waals surface area contributed by atoms with Gasteiger partial charge in [-0.05, 0) is 33.3 Å². The Morgan fingerprint density at radius 1 is 1.33 bits per heavy atom. The average molecular weight is 310 g/mol. The van der Waals surface area contributed by atoms with Crippen molar-refractivity contribution in [3.05, 3.63) is 34.4 Å². The molecule has 0 bridgehead atoms. The van der Waals surface area contributed by atoms with Crippen LogP contribution in [0.3, 0.4) is 0 Å². The Labute approximate surface area is 131 Å². The fourth-order valence-electron chi connectivity index (χ4n) is 2.30. The fraction of sp³-hybridized carbons (Fsp3) is 0.600. The van der Waals surface area contributed by atoms with Gasteiger partial charge in [0, 0.05) is 31.9 Å². The number of nitrogens with one attached hydrogen (secondary N) is 1. The van der Waals surface area contributed by atoms with Crippen LogP contribution in [0.15, 0.2) is 12.3 Å². The second-order valence-electron chi connectivity index (χ2n) is 5.93. The molecule has 2 heterocycles. The SMILES string of the molecule is CCCn1nc(C)c(CNC(C)(C)c2ccn(C)n2)c1Cl. The molecule has 0 fully saturated rings. The molecule has 0 aliphatic carbocycles. The van der Waals surface area contributed by atoms with Crippen molar-refractivity contribution in [3.63, 3.8) is 0 Å². The number of aryl methyl sites for hydroxylation is 3. The highest BCUT2D eigenvalue weighted by Crippen LogP contribution is 2.23. The molecule has 2 aromatic rings. The summed E-state index contributed by atoms with van der Waals surface area (Å²) in [7, 11) is 1.93. The second kappa shape index (κ2) is 6.20. The van der Waals surface area contributed by atoms with Gasteiger partial charge in [-0.3, -0.25) is 9.36 Å². The molecule has 0 aromatic carbocycles. The Bertz CT molecular complexity index is 612. The summed E-state index contributed by atoms with van der Waals surface area (Å²) in [5.74, 6) is 0. The normalized spacial score (nSPS) is 12.1. The van der Waals surface area contributed by atoms with Crippen molar-refractivity contribution in [1.29, 1.82) is 0 Å². The Kier molecular flexibility index (Phi) is 4.74. The van der Waals surface area contributed by atoms with Crippen molar-refractivity contribution in [2.24, 2.45) is 7.05 Å². The van der Waals surface area contributed by atoms with Crippen LogP contribution in [0.1, 0.15) is 44.1 Å². The van der Waals surface area contributed by atoms with Gasteiger partial charge in [-0.2, -0.15) is 10.2 Å². The summed E-state index contributed by atoms with van der Waals surface area (Å²) in [5, 5.41) is 13.2. The predicted octanol–water partition coefficient (Wildman–Crippen LogP) is 3.01. The average Bonchev–Trinajstić information content (AvgIpc) is 2.95. The molecule has 116 valence electrons. The molecule has 2 aromatic heterocycles. The number of hydrogen-bond acceptors (Lipinski definition) is 3. The van der Waals surface area contributed by atoms with Gasteiger partial charge in [-0.1, -0.05) is 18.5 Å². The van der Waals surface area contributed by atoms with E-state index in [9.17, 15) is 0 Å². The summed E-state index contributed by atoms with van der Waals surface area (Å²) in [6, 6.07) is 2.03. The zero-order valence-corrected chi connectivity index (χ0v) is 14.2. The maximum Gasteiger partial charge on any atom is 0.131 e. The first kappa shape index (κ1) is 16.0. The van der Waals surface area contributed by atoms with Crippen LogP contribution < -0.4 is 5.32 Å². The van der Waals surface area contributed by atoms with Gasteiger partial charge in [0.05, 0.1) is 16.9 Å². The third-order valence-electron chi connectivity index (χ3n) is 3.68. The van der Waals surface area contributed by atoms with Gasteiger partial charge in [0.1, 0.15) is 5.15 Å². The van der Waals surface area contributed by atoms with E-state index >= 15 is 0 Å². The number of halogens is 1. The van der Waals surface area contributed by atoms with E-state index in [0.29, 0.717) is 6.54 Å². The monoisotopic (exact) mass is 309 g/mol. The third-order valence-corrected chi connectivity index (χ3v) is 4.10. The van der Waals surface area contributed by atoms with Crippen LogP contribution >= 0.6 is 11.6 Å². The van der Waals surface area contributed by atoms with E-state index in [4.69, 9.17) is 11.6 Å². The summed E-state index contributed by atoms with van der Waals surface area (Å²) >= 11 is 6.43. The van der Waals surface area contributed by atoms with Crippen LogP contribution in [-0.2, 0) is 25.7 Å². The van der Waals surface area contributed by atoms with E-state index < -0.39 is 0 Å². The molecule has 0 aliphatic heterocycles. The Balaban J connectivity index is 2.12. The van der Waals surface area contributed by atoms with Crippen molar-refractivity contribution in [1.82, 2.24) is 24.9 Å². The number of aromatic nitrogens is 4. The van der Waals surface area contributed by atoms with E-state index in [-0.39, 0.29) is 5.54 Å². The maximum atomic E-state index is 6.43. The summed E-state index contributed by atoms with van der Waals surface area (Å²) in [6.45, 7) is 9.89. The molecule has 21 heavy (non-hydrogen) atoms. The zero-order chi connectivity index (χ0) is 15.6. The highest BCUT2D eigenvalue weighted by Gasteiger charge is 2.24. The molecular weight excluding hydrogens is 286 g/mol. The molecule has 0 spiro atoms. The van der Waals surface area contributed by atoms with Gasteiger partial charge in [0.15, 0.2) is 0 Å². The molecule has 0 saturated carbocycles. The summed E-state index contributed by atoms with van der Waals surface area (Å²) in [5.41, 5.74) is 2.84. The van der Waals surface area contributed by atoms with E-state index in [1.807, 2.05) is 35.6 Å². The first-order valence-corrected chi connectivity index (χ1v) is 7.70. The van der Waals surface area contributed by atoms with Crippen LogP contribution in [-0.4, -0.2) is 19.6 Å². The minimum atomic E-state index is -0.218. The lowest BCUT2D eigenvalue weighted by atomic mass is 10.0. The topological polar surface area (TPSA) is 47.7 Å². The fourth-order valence-corrected chi connectivity index (χ4v) is 2.63. The lowest BCUT2D eigenvalue weighted by Crippen LogP contribution is -2.36. The number of rotatable bonds is 6. The molecule has 0 saturated heterocycles. The molecule has 0 unspecified atom stereocenters. The van der Waals surface area contributed by atoms with E-state index in [0.717, 1.165) is 35.1 Å². The van der Waals surface area contributed by atoms with Crippen molar-refractivity contribution in [2.45, 2.75) is 52.7 Å². The van der Waals surface area contributed by atoms with Crippen LogP contribution in [0.4, 0.5) is 0 Å². The lowest BCUT2D eigenvalue weighted by Gasteiger charge is -2.24. The summed E-state index contributed by atoms with van der Waals surface area (Å²) in [6.07, 6.45) is 2.98. The first-order valence-electron chi connectivity index (χ1n) is 7.32. The lowest BCUT2D eigenvalue weighted by molar-refractivity contribution is 0.386. The maximum absolute atomic E-state index is 6.43. The highest BCUT2D eigenvalue weighted by molar-refractivity contribution is 6.30. The van der Waals surface area contributed by atoms with Gasteiger partial charge >= 0.3 is 0 Å². The highest BCUT2D eigenvalue weighted by atomic mass is 35.5. The quantitative estimate of drug-likeness (QED) is 0.892. The molecule has 0 aliphatic rings. The van der Waals surface area contributed by atoms with E-state index in [2.05, 4.69) is 36.3 Å². The van der Waals surface area contributed by atoms with Crippen molar-refractivity contribution in [3.8, 4) is 0 Å². The zero-order valence-electron chi connectivity index (χ0n) is 13.4. The minimum Gasteiger partial charge on any atom is -0.302 e. The van der Waals surface area contributed by atoms with Crippen molar-refractivity contribution < 1.29 is 0 Å². The first-order chi connectivity index (χ1) is 9.85. The Hall–Kier alpha value is -1.33. The molecule has 0 amide bonds. The second-order valence-corrected chi connectivity index (χ2v) is 6.29. The van der Waals surface area contributed by atoms with Gasteiger partial charge in [-0.15, -0.1) is 0 Å². The molecular formula is C15H24ClN5. The van der Waals surface area contributed by atoms with Crippen molar-refractivity contribution >= 4 is 11.6 Å². The van der Waals surface area contributed by atoms with Crippen LogP contribution in [0.2, 0.25) is 5.15 Å². The molecule has 6 heteroatoms. The summed E-state index contributed by atoms with van der Waals surface area (Å²) < 4.78 is 3.69.